The molecular weight excluding hydrogens is 212 g/mol. The molecule has 1 atom stereocenters. The van der Waals surface area contributed by atoms with Crippen LogP contribution in [-0.2, 0) is 4.79 Å². The van der Waals surface area contributed by atoms with Crippen LogP contribution in [0.1, 0.15) is 12.5 Å². The van der Waals surface area contributed by atoms with Gasteiger partial charge in [-0.15, -0.1) is 0 Å². The second-order valence-electron chi connectivity index (χ2n) is 3.11. The first-order valence-corrected chi connectivity index (χ1v) is 4.80. The van der Waals surface area contributed by atoms with Gasteiger partial charge in [0.25, 0.3) is 5.91 Å². The summed E-state index contributed by atoms with van der Waals surface area (Å²) in [5.41, 5.74) is 6.75. The third kappa shape index (κ3) is 3.30. The highest BCUT2D eigenvalue weighted by Crippen LogP contribution is 2.09. The van der Waals surface area contributed by atoms with E-state index in [1.807, 2.05) is 0 Å². The molecule has 15 heavy (non-hydrogen) atoms. The standard InChI is InChI=1S/C10H12N2O2S/c1-6(13)10(14)12-8-4-2-7(3-5-8)9(11)15/h2-6,13H,1H3,(H2,11,15)(H,12,14). The van der Waals surface area contributed by atoms with Crippen LogP contribution in [0.15, 0.2) is 24.3 Å². The fourth-order valence-electron chi connectivity index (χ4n) is 0.965. The highest BCUT2D eigenvalue weighted by atomic mass is 32.1. The van der Waals surface area contributed by atoms with Gasteiger partial charge in [-0.05, 0) is 31.2 Å². The van der Waals surface area contributed by atoms with Gasteiger partial charge in [0.2, 0.25) is 0 Å². The fourth-order valence-corrected chi connectivity index (χ4v) is 1.10. The monoisotopic (exact) mass is 224 g/mol. The van der Waals surface area contributed by atoms with E-state index >= 15 is 0 Å². The van der Waals surface area contributed by atoms with E-state index in [-0.39, 0.29) is 0 Å². The number of hydrogen-bond acceptors (Lipinski definition) is 3. The lowest BCUT2D eigenvalue weighted by Crippen LogP contribution is -2.24. The molecule has 5 heteroatoms. The van der Waals surface area contributed by atoms with Crippen LogP contribution in [0.3, 0.4) is 0 Å². The largest absolute Gasteiger partial charge is 0.389 e. The van der Waals surface area contributed by atoms with Crippen molar-refractivity contribution in [2.45, 2.75) is 13.0 Å². The first-order chi connectivity index (χ1) is 7.00. The normalized spacial score (nSPS) is 11.9. The Labute approximate surface area is 93.1 Å². The Hall–Kier alpha value is -1.46. The molecule has 1 aromatic carbocycles. The molecular formula is C10H12N2O2S. The van der Waals surface area contributed by atoms with E-state index < -0.39 is 12.0 Å². The van der Waals surface area contributed by atoms with Crippen molar-refractivity contribution in [3.8, 4) is 0 Å². The van der Waals surface area contributed by atoms with Crippen LogP contribution in [-0.4, -0.2) is 22.1 Å². The highest BCUT2D eigenvalue weighted by Gasteiger charge is 2.08. The summed E-state index contributed by atoms with van der Waals surface area (Å²) in [7, 11) is 0. The molecule has 0 radical (unpaired) electrons. The number of anilines is 1. The predicted octanol–water partition coefficient (Wildman–Crippen LogP) is 0.640. The first kappa shape index (κ1) is 11.6. The van der Waals surface area contributed by atoms with E-state index in [9.17, 15) is 4.79 Å². The molecule has 80 valence electrons. The molecule has 0 spiro atoms. The minimum atomic E-state index is -1.03. The van der Waals surface area contributed by atoms with E-state index in [0.29, 0.717) is 10.7 Å². The first-order valence-electron chi connectivity index (χ1n) is 4.39. The molecule has 1 unspecified atom stereocenters. The summed E-state index contributed by atoms with van der Waals surface area (Å²) >= 11 is 4.79. The number of aliphatic hydroxyl groups is 1. The Kier molecular flexibility index (Phi) is 3.76. The molecule has 4 N–H and O–H groups in total. The third-order valence-electron chi connectivity index (χ3n) is 1.82. The predicted molar refractivity (Wildman–Crippen MR) is 62.6 cm³/mol. The zero-order valence-corrected chi connectivity index (χ0v) is 9.04. The quantitative estimate of drug-likeness (QED) is 0.659. The number of thiocarbonyl (C=S) groups is 1. The number of rotatable bonds is 3. The highest BCUT2D eigenvalue weighted by molar-refractivity contribution is 7.80. The zero-order valence-electron chi connectivity index (χ0n) is 8.23. The summed E-state index contributed by atoms with van der Waals surface area (Å²) in [5, 5.41) is 11.5. The zero-order chi connectivity index (χ0) is 11.4. The molecule has 0 bridgehead atoms. The lowest BCUT2D eigenvalue weighted by molar-refractivity contribution is -0.123. The number of carbonyl (C=O) groups is 1. The lowest BCUT2D eigenvalue weighted by atomic mass is 10.2. The van der Waals surface area contributed by atoms with Crippen molar-refractivity contribution in [1.29, 1.82) is 0 Å². The Balaban J connectivity index is 2.73. The Bertz CT molecular complexity index is 374. The minimum Gasteiger partial charge on any atom is -0.389 e. The number of amides is 1. The molecule has 1 amide bonds. The molecule has 0 aliphatic rings. The number of nitrogens with two attached hydrogens (primary N) is 1. The number of nitrogens with one attached hydrogen (secondary N) is 1. The van der Waals surface area contributed by atoms with Crippen LogP contribution < -0.4 is 11.1 Å². The SMILES string of the molecule is CC(O)C(=O)Nc1ccc(C(N)=S)cc1. The molecule has 0 saturated heterocycles. The molecule has 0 aromatic heterocycles. The van der Waals surface area contributed by atoms with E-state index in [4.69, 9.17) is 23.1 Å². The smallest absolute Gasteiger partial charge is 0.252 e. The maximum absolute atomic E-state index is 11.1. The average molecular weight is 224 g/mol. The maximum atomic E-state index is 11.1. The van der Waals surface area contributed by atoms with Gasteiger partial charge in [0, 0.05) is 11.3 Å². The second-order valence-corrected chi connectivity index (χ2v) is 3.55. The summed E-state index contributed by atoms with van der Waals surface area (Å²) in [6, 6.07) is 6.77. The van der Waals surface area contributed by atoms with Crippen LogP contribution in [0.25, 0.3) is 0 Å². The fraction of sp³-hybridized carbons (Fsp3) is 0.200. The van der Waals surface area contributed by atoms with Crippen molar-refractivity contribution >= 4 is 28.8 Å². The molecule has 0 fully saturated rings. The number of hydrogen-bond donors (Lipinski definition) is 3. The molecule has 1 aromatic rings. The van der Waals surface area contributed by atoms with Gasteiger partial charge in [0.05, 0.1) is 0 Å². The van der Waals surface area contributed by atoms with Crippen molar-refractivity contribution in [1.82, 2.24) is 0 Å². The van der Waals surface area contributed by atoms with Gasteiger partial charge in [-0.1, -0.05) is 12.2 Å². The maximum Gasteiger partial charge on any atom is 0.252 e. The van der Waals surface area contributed by atoms with Crippen LogP contribution in [0.5, 0.6) is 0 Å². The Morgan fingerprint density at radius 2 is 2.00 bits per heavy atom. The van der Waals surface area contributed by atoms with E-state index in [1.54, 1.807) is 24.3 Å². The van der Waals surface area contributed by atoms with Crippen LogP contribution >= 0.6 is 12.2 Å². The Morgan fingerprint density at radius 3 is 2.40 bits per heavy atom. The van der Waals surface area contributed by atoms with Gasteiger partial charge >= 0.3 is 0 Å². The van der Waals surface area contributed by atoms with E-state index in [2.05, 4.69) is 5.32 Å². The van der Waals surface area contributed by atoms with E-state index in [0.717, 1.165) is 5.56 Å². The summed E-state index contributed by atoms with van der Waals surface area (Å²) in [5.74, 6) is -0.446. The molecule has 4 nitrogen and oxygen atoms in total. The van der Waals surface area contributed by atoms with Crippen molar-refractivity contribution in [2.24, 2.45) is 5.73 Å². The topological polar surface area (TPSA) is 75.3 Å². The molecule has 0 aliphatic heterocycles. The lowest BCUT2D eigenvalue weighted by Gasteiger charge is -2.07. The average Bonchev–Trinajstić information content (AvgIpc) is 2.18. The van der Waals surface area contributed by atoms with Crippen LogP contribution in [0.4, 0.5) is 5.69 Å². The van der Waals surface area contributed by atoms with Gasteiger partial charge in [-0.3, -0.25) is 4.79 Å². The van der Waals surface area contributed by atoms with Crippen LogP contribution in [0, 0.1) is 0 Å². The second kappa shape index (κ2) is 4.86. The summed E-state index contributed by atoms with van der Waals surface area (Å²) in [4.78, 5) is 11.4. The van der Waals surface area contributed by atoms with Crippen LogP contribution in [0.2, 0.25) is 0 Å². The minimum absolute atomic E-state index is 0.309. The van der Waals surface area contributed by atoms with Gasteiger partial charge in [0.1, 0.15) is 11.1 Å². The van der Waals surface area contributed by atoms with E-state index in [1.165, 1.54) is 6.92 Å². The van der Waals surface area contributed by atoms with Gasteiger partial charge in [-0.25, -0.2) is 0 Å². The molecule has 0 saturated carbocycles. The molecule has 0 aliphatic carbocycles. The van der Waals surface area contributed by atoms with Crippen molar-refractivity contribution < 1.29 is 9.90 Å². The Morgan fingerprint density at radius 1 is 1.47 bits per heavy atom. The summed E-state index contributed by atoms with van der Waals surface area (Å²) in [6.45, 7) is 1.40. The van der Waals surface area contributed by atoms with Gasteiger partial charge in [-0.2, -0.15) is 0 Å². The molecule has 0 heterocycles. The van der Waals surface area contributed by atoms with Crippen molar-refractivity contribution in [2.75, 3.05) is 5.32 Å². The number of aliphatic hydroxyl groups excluding tert-OH is 1. The summed E-state index contributed by atoms with van der Waals surface area (Å²) in [6.07, 6.45) is -1.03. The molecule has 1 rings (SSSR count). The van der Waals surface area contributed by atoms with Crippen molar-refractivity contribution in [3.05, 3.63) is 29.8 Å². The van der Waals surface area contributed by atoms with Crippen molar-refractivity contribution in [3.63, 3.8) is 0 Å². The van der Waals surface area contributed by atoms with Gasteiger partial charge in [0.15, 0.2) is 0 Å². The number of carbonyl (C=O) groups excluding carboxylic acids is 1. The van der Waals surface area contributed by atoms with Gasteiger partial charge < -0.3 is 16.2 Å². The number of benzene rings is 1. The summed E-state index contributed by atoms with van der Waals surface area (Å²) < 4.78 is 0. The third-order valence-corrected chi connectivity index (χ3v) is 2.05.